The first-order valence-corrected chi connectivity index (χ1v) is 3.95. The summed E-state index contributed by atoms with van der Waals surface area (Å²) in [6.45, 7) is 0.559. The van der Waals surface area contributed by atoms with Crippen LogP contribution in [0.25, 0.3) is 0 Å². The van der Waals surface area contributed by atoms with Crippen LogP contribution >= 0.6 is 0 Å². The zero-order chi connectivity index (χ0) is 9.68. The minimum absolute atomic E-state index is 0.0210. The summed E-state index contributed by atoms with van der Waals surface area (Å²) in [6.07, 6.45) is 2.26. The fourth-order valence-electron chi connectivity index (χ4n) is 0.894. The first-order valence-electron chi connectivity index (χ1n) is 3.95. The van der Waals surface area contributed by atoms with E-state index in [-0.39, 0.29) is 6.54 Å². The van der Waals surface area contributed by atoms with E-state index in [2.05, 4.69) is 15.4 Å². The molecule has 72 valence electrons. The van der Waals surface area contributed by atoms with E-state index >= 15 is 0 Å². The van der Waals surface area contributed by atoms with E-state index in [1.807, 2.05) is 0 Å². The molecule has 6 nitrogen and oxygen atoms in total. The van der Waals surface area contributed by atoms with Crippen molar-refractivity contribution in [2.24, 2.45) is 7.05 Å². The van der Waals surface area contributed by atoms with E-state index in [0.717, 1.165) is 5.82 Å². The Balaban J connectivity index is 2.16. The SMILES string of the molecule is Cn1cnc(CCNCC(=O)O)n1. The van der Waals surface area contributed by atoms with Crippen LogP contribution in [0.4, 0.5) is 0 Å². The van der Waals surface area contributed by atoms with Gasteiger partial charge in [-0.1, -0.05) is 0 Å². The van der Waals surface area contributed by atoms with Crippen molar-refractivity contribution in [3.8, 4) is 0 Å². The van der Waals surface area contributed by atoms with Crippen molar-refractivity contribution in [3.05, 3.63) is 12.2 Å². The van der Waals surface area contributed by atoms with Gasteiger partial charge in [0.25, 0.3) is 0 Å². The molecular weight excluding hydrogens is 172 g/mol. The molecule has 0 bridgehead atoms. The molecule has 0 saturated carbocycles. The molecule has 0 amide bonds. The summed E-state index contributed by atoms with van der Waals surface area (Å²) in [5, 5.41) is 15.1. The molecule has 2 N–H and O–H groups in total. The van der Waals surface area contributed by atoms with Crippen molar-refractivity contribution in [1.29, 1.82) is 0 Å². The molecule has 13 heavy (non-hydrogen) atoms. The molecule has 1 rings (SSSR count). The fraction of sp³-hybridized carbons (Fsp3) is 0.571. The predicted molar refractivity (Wildman–Crippen MR) is 45.2 cm³/mol. The van der Waals surface area contributed by atoms with Crippen molar-refractivity contribution in [1.82, 2.24) is 20.1 Å². The zero-order valence-corrected chi connectivity index (χ0v) is 7.40. The summed E-state index contributed by atoms with van der Waals surface area (Å²) in [5.41, 5.74) is 0. The lowest BCUT2D eigenvalue weighted by Gasteiger charge is -1.97. The van der Waals surface area contributed by atoms with Crippen LogP contribution in [0.1, 0.15) is 5.82 Å². The summed E-state index contributed by atoms with van der Waals surface area (Å²) < 4.78 is 1.62. The number of carboxylic acid groups (broad SMARTS) is 1. The molecule has 1 heterocycles. The van der Waals surface area contributed by atoms with Gasteiger partial charge in [-0.15, -0.1) is 0 Å². The van der Waals surface area contributed by atoms with Crippen molar-refractivity contribution in [2.75, 3.05) is 13.1 Å². The molecule has 1 aromatic heterocycles. The lowest BCUT2D eigenvalue weighted by atomic mass is 10.4. The topological polar surface area (TPSA) is 80.0 Å². The molecule has 0 unspecified atom stereocenters. The van der Waals surface area contributed by atoms with Crippen molar-refractivity contribution in [3.63, 3.8) is 0 Å². The summed E-state index contributed by atoms with van der Waals surface area (Å²) >= 11 is 0. The van der Waals surface area contributed by atoms with Crippen LogP contribution in [0.2, 0.25) is 0 Å². The molecule has 0 saturated heterocycles. The molecule has 0 aliphatic rings. The molecule has 0 spiro atoms. The molecule has 0 fully saturated rings. The van der Waals surface area contributed by atoms with Gasteiger partial charge in [0.15, 0.2) is 5.82 Å². The second-order valence-electron chi connectivity index (χ2n) is 2.65. The van der Waals surface area contributed by atoms with Gasteiger partial charge in [0.2, 0.25) is 0 Å². The summed E-state index contributed by atoms with van der Waals surface area (Å²) in [7, 11) is 1.79. The number of hydrogen-bond donors (Lipinski definition) is 2. The molecule has 0 atom stereocenters. The van der Waals surface area contributed by atoms with Crippen LogP contribution in [0.15, 0.2) is 6.33 Å². The molecule has 6 heteroatoms. The third-order valence-electron chi connectivity index (χ3n) is 1.45. The Morgan fingerprint density at radius 3 is 3.08 bits per heavy atom. The average Bonchev–Trinajstić information content (AvgIpc) is 2.45. The van der Waals surface area contributed by atoms with Gasteiger partial charge >= 0.3 is 5.97 Å². The highest BCUT2D eigenvalue weighted by Crippen LogP contribution is 1.87. The van der Waals surface area contributed by atoms with Crippen LogP contribution in [0.3, 0.4) is 0 Å². The van der Waals surface area contributed by atoms with Crippen LogP contribution in [-0.2, 0) is 18.3 Å². The van der Waals surface area contributed by atoms with Crippen LogP contribution < -0.4 is 5.32 Å². The van der Waals surface area contributed by atoms with Crippen molar-refractivity contribution >= 4 is 5.97 Å². The molecular formula is C7H12N4O2. The Kier molecular flexibility index (Phi) is 3.39. The largest absolute Gasteiger partial charge is 0.480 e. The molecule has 1 aromatic rings. The second-order valence-corrected chi connectivity index (χ2v) is 2.65. The van der Waals surface area contributed by atoms with Gasteiger partial charge in [-0.05, 0) is 0 Å². The number of rotatable bonds is 5. The third-order valence-corrected chi connectivity index (χ3v) is 1.45. The van der Waals surface area contributed by atoms with Gasteiger partial charge in [0.05, 0.1) is 6.54 Å². The second kappa shape index (κ2) is 4.56. The van der Waals surface area contributed by atoms with E-state index in [0.29, 0.717) is 13.0 Å². The quantitative estimate of drug-likeness (QED) is 0.576. The molecule has 0 aliphatic carbocycles. The van der Waals surface area contributed by atoms with Gasteiger partial charge in [-0.2, -0.15) is 5.10 Å². The van der Waals surface area contributed by atoms with Gasteiger partial charge in [0, 0.05) is 20.0 Å². The first-order chi connectivity index (χ1) is 6.18. The smallest absolute Gasteiger partial charge is 0.317 e. The highest BCUT2D eigenvalue weighted by atomic mass is 16.4. The molecule has 0 aromatic carbocycles. The summed E-state index contributed by atoms with van der Waals surface area (Å²) in [5.74, 6) is -0.130. The maximum atomic E-state index is 10.1. The Morgan fingerprint density at radius 2 is 2.54 bits per heavy atom. The third kappa shape index (κ3) is 3.66. The standard InChI is InChI=1S/C7H12N4O2/c1-11-5-9-6(10-11)2-3-8-4-7(12)13/h5,8H,2-4H2,1H3,(H,12,13). The lowest BCUT2D eigenvalue weighted by Crippen LogP contribution is -2.24. The fourth-order valence-corrected chi connectivity index (χ4v) is 0.894. The monoisotopic (exact) mass is 184 g/mol. The summed E-state index contributed by atoms with van der Waals surface area (Å²) in [6, 6.07) is 0. The van der Waals surface area contributed by atoms with E-state index in [4.69, 9.17) is 5.11 Å². The number of hydrogen-bond acceptors (Lipinski definition) is 4. The van der Waals surface area contributed by atoms with Gasteiger partial charge in [-0.3, -0.25) is 9.48 Å². The minimum atomic E-state index is -0.853. The van der Waals surface area contributed by atoms with Crippen molar-refractivity contribution < 1.29 is 9.90 Å². The minimum Gasteiger partial charge on any atom is -0.480 e. The maximum Gasteiger partial charge on any atom is 0.317 e. The maximum absolute atomic E-state index is 10.1. The van der Waals surface area contributed by atoms with Crippen molar-refractivity contribution in [2.45, 2.75) is 6.42 Å². The van der Waals surface area contributed by atoms with Crippen LogP contribution in [-0.4, -0.2) is 38.9 Å². The highest BCUT2D eigenvalue weighted by molar-refractivity contribution is 5.68. The predicted octanol–water partition coefficient (Wildman–Crippen LogP) is -0.968. The zero-order valence-electron chi connectivity index (χ0n) is 7.40. The molecule has 0 aliphatic heterocycles. The highest BCUT2D eigenvalue weighted by Gasteiger charge is 1.99. The Labute approximate surface area is 75.6 Å². The molecule has 0 radical (unpaired) electrons. The van der Waals surface area contributed by atoms with Crippen LogP contribution in [0.5, 0.6) is 0 Å². The van der Waals surface area contributed by atoms with Crippen LogP contribution in [0, 0.1) is 0 Å². The van der Waals surface area contributed by atoms with E-state index in [1.165, 1.54) is 0 Å². The summed E-state index contributed by atoms with van der Waals surface area (Å²) in [4.78, 5) is 14.1. The normalized spacial score (nSPS) is 10.2. The number of aryl methyl sites for hydroxylation is 1. The average molecular weight is 184 g/mol. The lowest BCUT2D eigenvalue weighted by molar-refractivity contribution is -0.135. The Bertz CT molecular complexity index is 284. The number of carboxylic acids is 1. The first kappa shape index (κ1) is 9.66. The number of nitrogens with one attached hydrogen (secondary N) is 1. The Hall–Kier alpha value is -1.43. The number of aliphatic carboxylic acids is 1. The number of carbonyl (C=O) groups is 1. The number of nitrogens with zero attached hydrogens (tertiary/aromatic N) is 3. The van der Waals surface area contributed by atoms with Gasteiger partial charge in [-0.25, -0.2) is 4.98 Å². The van der Waals surface area contributed by atoms with Gasteiger partial charge in [0.1, 0.15) is 6.33 Å². The van der Waals surface area contributed by atoms with Gasteiger partial charge < -0.3 is 10.4 Å². The number of aromatic nitrogens is 3. The van der Waals surface area contributed by atoms with E-state index < -0.39 is 5.97 Å². The Morgan fingerprint density at radius 1 is 1.77 bits per heavy atom. The van der Waals surface area contributed by atoms with E-state index in [1.54, 1.807) is 18.1 Å². The van der Waals surface area contributed by atoms with E-state index in [9.17, 15) is 4.79 Å².